The number of aryl methyl sites for hydroxylation is 1. The molecule has 22 heavy (non-hydrogen) atoms. The summed E-state index contributed by atoms with van der Waals surface area (Å²) in [5.74, 6) is 0.204. The lowest BCUT2D eigenvalue weighted by Crippen LogP contribution is -2.42. The van der Waals surface area contributed by atoms with E-state index in [4.69, 9.17) is 0 Å². The van der Waals surface area contributed by atoms with Gasteiger partial charge in [-0.3, -0.25) is 14.5 Å². The third-order valence-corrected chi connectivity index (χ3v) is 4.45. The molecule has 1 saturated heterocycles. The van der Waals surface area contributed by atoms with Gasteiger partial charge in [0.15, 0.2) is 0 Å². The van der Waals surface area contributed by atoms with Gasteiger partial charge < -0.3 is 10.6 Å². The number of carbonyl (C=O) groups is 2. The molecule has 2 amide bonds. The van der Waals surface area contributed by atoms with Gasteiger partial charge in [0.05, 0.1) is 6.54 Å². The zero-order valence-corrected chi connectivity index (χ0v) is 13.6. The molecular formula is C17H25N3O2. The largest absolute Gasteiger partial charge is 0.359 e. The first-order valence-corrected chi connectivity index (χ1v) is 7.81. The van der Waals surface area contributed by atoms with E-state index in [1.54, 1.807) is 7.05 Å². The van der Waals surface area contributed by atoms with Gasteiger partial charge in [-0.05, 0) is 57.0 Å². The summed E-state index contributed by atoms with van der Waals surface area (Å²) in [4.78, 5) is 25.9. The van der Waals surface area contributed by atoms with Crippen molar-refractivity contribution in [3.8, 4) is 0 Å². The van der Waals surface area contributed by atoms with Crippen LogP contribution in [0, 0.1) is 19.8 Å². The monoisotopic (exact) mass is 303 g/mol. The van der Waals surface area contributed by atoms with Gasteiger partial charge in [-0.15, -0.1) is 0 Å². The van der Waals surface area contributed by atoms with Crippen LogP contribution in [0.3, 0.4) is 0 Å². The van der Waals surface area contributed by atoms with Crippen LogP contribution in [0.1, 0.15) is 24.0 Å². The number of nitrogens with one attached hydrogen (secondary N) is 2. The molecule has 5 heteroatoms. The Morgan fingerprint density at radius 1 is 1.23 bits per heavy atom. The topological polar surface area (TPSA) is 61.4 Å². The number of anilines is 1. The third kappa shape index (κ3) is 4.07. The fourth-order valence-corrected chi connectivity index (χ4v) is 2.84. The predicted octanol–water partition coefficient (Wildman–Crippen LogP) is 1.70. The molecule has 0 radical (unpaired) electrons. The highest BCUT2D eigenvalue weighted by Gasteiger charge is 2.25. The molecule has 120 valence electrons. The van der Waals surface area contributed by atoms with E-state index in [-0.39, 0.29) is 17.7 Å². The molecule has 1 aromatic carbocycles. The highest BCUT2D eigenvalue weighted by atomic mass is 16.2. The highest BCUT2D eigenvalue weighted by Crippen LogP contribution is 2.19. The van der Waals surface area contributed by atoms with Crippen molar-refractivity contribution in [1.29, 1.82) is 0 Å². The number of benzene rings is 1. The number of carbonyl (C=O) groups excluding carboxylic acids is 2. The first-order valence-electron chi connectivity index (χ1n) is 7.81. The Balaban J connectivity index is 1.83. The van der Waals surface area contributed by atoms with E-state index >= 15 is 0 Å². The van der Waals surface area contributed by atoms with E-state index in [2.05, 4.69) is 15.5 Å². The molecule has 0 unspecified atom stereocenters. The Morgan fingerprint density at radius 3 is 2.55 bits per heavy atom. The predicted molar refractivity (Wildman–Crippen MR) is 87.8 cm³/mol. The number of amides is 2. The van der Waals surface area contributed by atoms with Crippen LogP contribution in [-0.4, -0.2) is 43.4 Å². The van der Waals surface area contributed by atoms with Crippen molar-refractivity contribution in [3.63, 3.8) is 0 Å². The van der Waals surface area contributed by atoms with Crippen LogP contribution in [0.15, 0.2) is 18.2 Å². The first kappa shape index (κ1) is 16.5. The first-order chi connectivity index (χ1) is 10.5. The van der Waals surface area contributed by atoms with Crippen LogP contribution in [0.5, 0.6) is 0 Å². The van der Waals surface area contributed by atoms with E-state index in [0.29, 0.717) is 6.54 Å². The summed E-state index contributed by atoms with van der Waals surface area (Å²) >= 11 is 0. The summed E-state index contributed by atoms with van der Waals surface area (Å²) < 4.78 is 0. The second-order valence-electron chi connectivity index (χ2n) is 5.96. The number of hydrogen-bond acceptors (Lipinski definition) is 3. The van der Waals surface area contributed by atoms with Crippen LogP contribution in [0.25, 0.3) is 0 Å². The fraction of sp³-hybridized carbons (Fsp3) is 0.529. The molecular weight excluding hydrogens is 278 g/mol. The molecule has 0 saturated carbocycles. The molecule has 0 spiro atoms. The summed E-state index contributed by atoms with van der Waals surface area (Å²) in [6.45, 7) is 6.01. The zero-order chi connectivity index (χ0) is 16.1. The Morgan fingerprint density at radius 2 is 1.91 bits per heavy atom. The van der Waals surface area contributed by atoms with E-state index in [1.807, 2.05) is 32.0 Å². The summed E-state index contributed by atoms with van der Waals surface area (Å²) in [6.07, 6.45) is 1.63. The van der Waals surface area contributed by atoms with Crippen molar-refractivity contribution in [2.24, 2.45) is 5.92 Å². The molecule has 1 aliphatic rings. The van der Waals surface area contributed by atoms with Crippen LogP contribution in [0.2, 0.25) is 0 Å². The van der Waals surface area contributed by atoms with Crippen LogP contribution in [-0.2, 0) is 9.59 Å². The molecule has 0 aliphatic carbocycles. The molecule has 2 N–H and O–H groups in total. The lowest BCUT2D eigenvalue weighted by Gasteiger charge is -2.30. The highest BCUT2D eigenvalue weighted by molar-refractivity contribution is 5.93. The van der Waals surface area contributed by atoms with E-state index in [9.17, 15) is 9.59 Å². The second kappa shape index (κ2) is 7.40. The molecule has 1 heterocycles. The van der Waals surface area contributed by atoms with Gasteiger partial charge in [-0.1, -0.05) is 12.1 Å². The molecule has 0 bridgehead atoms. The minimum absolute atomic E-state index is 0.00657. The summed E-state index contributed by atoms with van der Waals surface area (Å²) in [6, 6.07) is 5.92. The van der Waals surface area contributed by atoms with Crippen molar-refractivity contribution in [2.75, 3.05) is 32.0 Å². The molecule has 1 aliphatic heterocycles. The number of rotatable bonds is 4. The van der Waals surface area contributed by atoms with Gasteiger partial charge in [-0.25, -0.2) is 0 Å². The fourth-order valence-electron chi connectivity index (χ4n) is 2.84. The lowest BCUT2D eigenvalue weighted by molar-refractivity contribution is -0.126. The normalized spacial score (nSPS) is 16.3. The van der Waals surface area contributed by atoms with Crippen molar-refractivity contribution in [3.05, 3.63) is 29.3 Å². The van der Waals surface area contributed by atoms with Crippen molar-refractivity contribution >= 4 is 17.5 Å². The Labute approximate surface area is 132 Å². The van der Waals surface area contributed by atoms with Gasteiger partial charge in [0, 0.05) is 18.7 Å². The Kier molecular flexibility index (Phi) is 5.55. The maximum absolute atomic E-state index is 12.2. The standard InChI is InChI=1S/C17H25N3O2/c1-12-5-4-6-15(13(12)2)19-16(21)11-20-9-7-14(8-10-20)17(22)18-3/h4-6,14H,7-11H2,1-3H3,(H,18,22)(H,19,21). The van der Waals surface area contributed by atoms with Crippen LogP contribution in [0.4, 0.5) is 5.69 Å². The SMILES string of the molecule is CNC(=O)C1CCN(CC(=O)Nc2cccc(C)c2C)CC1. The van der Waals surface area contributed by atoms with Crippen molar-refractivity contribution < 1.29 is 9.59 Å². The molecule has 1 aromatic rings. The van der Waals surface area contributed by atoms with E-state index in [1.165, 1.54) is 5.56 Å². The van der Waals surface area contributed by atoms with E-state index in [0.717, 1.165) is 37.2 Å². The Hall–Kier alpha value is -1.88. The summed E-state index contributed by atoms with van der Waals surface area (Å²) in [5.41, 5.74) is 3.16. The second-order valence-corrected chi connectivity index (χ2v) is 5.96. The van der Waals surface area contributed by atoms with Gasteiger partial charge in [0.1, 0.15) is 0 Å². The number of piperidine rings is 1. The van der Waals surface area contributed by atoms with Gasteiger partial charge in [-0.2, -0.15) is 0 Å². The molecule has 0 aromatic heterocycles. The third-order valence-electron chi connectivity index (χ3n) is 4.45. The summed E-state index contributed by atoms with van der Waals surface area (Å²) in [5, 5.41) is 5.68. The minimum Gasteiger partial charge on any atom is -0.359 e. The molecule has 1 fully saturated rings. The van der Waals surface area contributed by atoms with Gasteiger partial charge in [0.2, 0.25) is 11.8 Å². The number of hydrogen-bond donors (Lipinski definition) is 2. The molecule has 2 rings (SSSR count). The summed E-state index contributed by atoms with van der Waals surface area (Å²) in [7, 11) is 1.67. The molecule has 5 nitrogen and oxygen atoms in total. The lowest BCUT2D eigenvalue weighted by atomic mass is 9.96. The van der Waals surface area contributed by atoms with Crippen molar-refractivity contribution in [1.82, 2.24) is 10.2 Å². The van der Waals surface area contributed by atoms with Gasteiger partial charge >= 0.3 is 0 Å². The maximum Gasteiger partial charge on any atom is 0.238 e. The zero-order valence-electron chi connectivity index (χ0n) is 13.6. The van der Waals surface area contributed by atoms with Crippen LogP contribution >= 0.6 is 0 Å². The number of likely N-dealkylation sites (tertiary alicyclic amines) is 1. The number of nitrogens with zero attached hydrogens (tertiary/aromatic N) is 1. The molecule has 0 atom stereocenters. The van der Waals surface area contributed by atoms with Gasteiger partial charge in [0.25, 0.3) is 0 Å². The van der Waals surface area contributed by atoms with Crippen molar-refractivity contribution in [2.45, 2.75) is 26.7 Å². The minimum atomic E-state index is 0.00657. The maximum atomic E-state index is 12.2. The van der Waals surface area contributed by atoms with E-state index < -0.39 is 0 Å². The quantitative estimate of drug-likeness (QED) is 0.890. The Bertz CT molecular complexity index is 549. The average molecular weight is 303 g/mol. The average Bonchev–Trinajstić information content (AvgIpc) is 2.52. The van der Waals surface area contributed by atoms with Crippen LogP contribution < -0.4 is 10.6 Å². The smallest absolute Gasteiger partial charge is 0.238 e.